The molecule has 135 heavy (non-hydrogen) atoms. The molecule has 732 valence electrons. The zero-order chi connectivity index (χ0) is 104. The van der Waals surface area contributed by atoms with Crippen LogP contribution in [-0.2, 0) is 18.5 Å². The molecule has 0 saturated heterocycles. The molecule has 0 radical (unpaired) electrons. The van der Waals surface area contributed by atoms with Gasteiger partial charge in [0.2, 0.25) is 0 Å². The van der Waals surface area contributed by atoms with Gasteiger partial charge in [-0.05, 0) is 300 Å². The first-order valence-corrected chi connectivity index (χ1v) is 46.5. The maximum Gasteiger partial charge on any atom is 0.418 e. The van der Waals surface area contributed by atoms with E-state index in [4.69, 9.17) is 66.9 Å². The molecule has 0 N–H and O–H groups in total. The number of ether oxygens (including phenoxy) is 1. The van der Waals surface area contributed by atoms with Gasteiger partial charge in [0, 0.05) is 23.1 Å². The van der Waals surface area contributed by atoms with E-state index >= 15 is 0 Å². The first-order chi connectivity index (χ1) is 62.4. The highest BCUT2D eigenvalue weighted by atomic mass is 35.5. The van der Waals surface area contributed by atoms with Crippen molar-refractivity contribution < 1.29 is 57.4 Å². The highest BCUT2D eigenvalue weighted by Crippen LogP contribution is 2.38. The van der Waals surface area contributed by atoms with Gasteiger partial charge in [-0.2, -0.15) is 55.3 Å². The number of aromatic nitrogens is 2. The first-order valence-electron chi connectivity index (χ1n) is 44.9. The third-order valence-corrected chi connectivity index (χ3v) is 23.1. The van der Waals surface area contributed by atoms with Crippen molar-refractivity contribution in [2.75, 3.05) is 7.11 Å². The molecule has 0 aliphatic rings. The summed E-state index contributed by atoms with van der Waals surface area (Å²) < 4.78 is 157. The van der Waals surface area contributed by atoms with Gasteiger partial charge in [0.1, 0.15) is 35.3 Å². The van der Waals surface area contributed by atoms with Crippen LogP contribution in [0.4, 0.5) is 52.7 Å². The van der Waals surface area contributed by atoms with Crippen LogP contribution in [0.3, 0.4) is 0 Å². The van der Waals surface area contributed by atoms with Gasteiger partial charge >= 0.3 is 18.5 Å². The number of nitriles is 3. The third-order valence-electron chi connectivity index (χ3n) is 21.7. The fraction of sp³-hybridized carbons (Fsp3) is 0.407. The van der Waals surface area contributed by atoms with Gasteiger partial charge in [0.05, 0.1) is 56.1 Å². The Morgan fingerprint density at radius 2 is 0.637 bits per heavy atom. The van der Waals surface area contributed by atoms with Crippen molar-refractivity contribution in [3.8, 4) is 24.0 Å². The molecular formula is C113H137Cl4F12N5O. The van der Waals surface area contributed by atoms with Gasteiger partial charge in [-0.1, -0.05) is 302 Å². The van der Waals surface area contributed by atoms with Crippen molar-refractivity contribution >= 4 is 46.4 Å². The van der Waals surface area contributed by atoms with Crippen LogP contribution in [-0.4, -0.2) is 17.1 Å². The Bertz CT molecular complexity index is 5340. The summed E-state index contributed by atoms with van der Waals surface area (Å²) in [5, 5.41) is 27.5. The van der Waals surface area contributed by atoms with E-state index in [-0.39, 0.29) is 74.4 Å². The smallest absolute Gasteiger partial charge is 0.418 e. The van der Waals surface area contributed by atoms with Crippen LogP contribution in [0.15, 0.2) is 182 Å². The van der Waals surface area contributed by atoms with E-state index in [1.165, 1.54) is 108 Å². The van der Waals surface area contributed by atoms with Gasteiger partial charge in [-0.3, -0.25) is 4.98 Å². The van der Waals surface area contributed by atoms with E-state index in [1.54, 1.807) is 57.5 Å². The third kappa shape index (κ3) is 43.0. The molecule has 6 nitrogen and oxygen atoms in total. The molecular weight excluding hydrogens is 1810 g/mol. The van der Waals surface area contributed by atoms with Crippen molar-refractivity contribution in [2.45, 2.75) is 298 Å². The SMILES string of the molecule is CC(C)c1cc(Cl)c(C#N)cc1F.CC(C)c1ccc(C#N)cc1.CC(C)c1cnc(C#N)c(Cl)c1.COc1cc(C(C)C)ccc1C.Cc1ccc(C(C)C)c(F)c1Cl.Cc1ccc(C(C)C)cc1C.Cc1ccc(C(C)C)cc1C(F)(F)F.Cc1ccc(C(C)C)cc1C(F)(F)F.Cc1ccc(C(C)C)cc1Cl.Cc1ccc(C(C)C)cc1F.Cc1ncc(C(C)C)cc1C(F)(F)F. The maximum atomic E-state index is 13.4. The second-order valence-electron chi connectivity index (χ2n) is 36.3. The highest BCUT2D eigenvalue weighted by Gasteiger charge is 2.35. The van der Waals surface area contributed by atoms with Crippen molar-refractivity contribution in [3.63, 3.8) is 0 Å². The van der Waals surface area contributed by atoms with Gasteiger partial charge in [-0.25, -0.2) is 18.2 Å². The minimum atomic E-state index is -4.30. The number of halogens is 16. The molecule has 0 fully saturated rings. The summed E-state index contributed by atoms with van der Waals surface area (Å²) in [7, 11) is 1.71. The molecule has 0 aliphatic heterocycles. The molecule has 0 aliphatic carbocycles. The number of pyridine rings is 2. The van der Waals surface area contributed by atoms with Crippen LogP contribution < -0.4 is 4.74 Å². The maximum absolute atomic E-state index is 13.4. The largest absolute Gasteiger partial charge is 0.496 e. The van der Waals surface area contributed by atoms with Crippen LogP contribution >= 0.6 is 46.4 Å². The summed E-state index contributed by atoms with van der Waals surface area (Å²) in [5.74, 6) is 3.93. The van der Waals surface area contributed by atoms with E-state index in [1.807, 2.05) is 137 Å². The van der Waals surface area contributed by atoms with Gasteiger partial charge < -0.3 is 4.74 Å². The minimum Gasteiger partial charge on any atom is -0.496 e. The minimum absolute atomic E-state index is 0.0295. The Morgan fingerprint density at radius 1 is 0.289 bits per heavy atom. The fourth-order valence-corrected chi connectivity index (χ4v) is 12.8. The average molecular weight is 1950 g/mol. The lowest BCUT2D eigenvalue weighted by Crippen LogP contribution is -2.10. The summed E-state index contributed by atoms with van der Waals surface area (Å²) in [6.45, 7) is 60.8. The molecule has 0 atom stereocenters. The molecule has 0 amide bonds. The zero-order valence-corrected chi connectivity index (χ0v) is 87.4. The van der Waals surface area contributed by atoms with Crippen molar-refractivity contribution in [1.82, 2.24) is 9.97 Å². The normalized spacial score (nSPS) is 10.9. The number of methoxy groups -OCH3 is 1. The van der Waals surface area contributed by atoms with E-state index in [0.29, 0.717) is 67.9 Å². The van der Waals surface area contributed by atoms with Crippen molar-refractivity contribution in [2.24, 2.45) is 0 Å². The predicted octanol–water partition coefficient (Wildman–Crippen LogP) is 38.2. The predicted molar refractivity (Wildman–Crippen MR) is 540 cm³/mol. The molecule has 11 rings (SSSR count). The summed E-state index contributed by atoms with van der Waals surface area (Å²) >= 11 is 23.3. The number of hydrogen-bond acceptors (Lipinski definition) is 6. The lowest BCUT2D eigenvalue weighted by molar-refractivity contribution is -0.139. The lowest BCUT2D eigenvalue weighted by Gasteiger charge is -2.13. The standard InChI is InChI=1S/2C11H13F3.C11H16O.C11H16.C10H9ClFN.C10H12ClF.C10H13Cl.C10H12F3N.C10H13F.C10H11N.C9H9ClN2/c2*1-7(2)9-5-4-8(3)10(6-9)11(12,13)14;1-8(2)10-6-5-9(3)11(7-10)12-4;1-8(2)11-6-5-9(3)10(4)7-11;1-6(2)8-4-9(11)7(5-13)3-10(8)12;1-6(2)8-5-4-7(3)9(11)10(8)12;1-7(2)9-5-4-8(3)10(11)6-9;1-6(2)8-4-9(10(11,12)13)7(3)14-5-8;1-7(2)9-5-4-8(3)10(11)6-9;1-8(2)10-5-3-9(7-11)4-6-10;1-6(2)7-3-8(10)9(4-11)12-5-7/h2*4-7H,1-3H3;5-8H,1-4H3;5-8H,1-4H3;3-4,6H,1-2H3;4-6H,1-3H3;4-7H,1-3H3;4-6H,1-3H3;4-7H,1-3H3;3-6,8H,1-2H3;3,5-6H,1-2H3. The van der Waals surface area contributed by atoms with Crippen LogP contribution in [0, 0.1) is 114 Å². The van der Waals surface area contributed by atoms with E-state index in [2.05, 4.69) is 168 Å². The Labute approximate surface area is 818 Å². The number of nitrogens with zero attached hydrogens (tertiary/aromatic N) is 5. The summed E-state index contributed by atoms with van der Waals surface area (Å²) in [5.41, 5.74) is 17.5. The quantitative estimate of drug-likeness (QED) is 0.113. The number of hydrogen-bond donors (Lipinski definition) is 0. The Kier molecular flexibility index (Phi) is 53.2. The topological polar surface area (TPSA) is 106 Å². The van der Waals surface area contributed by atoms with E-state index in [9.17, 15) is 52.7 Å². The van der Waals surface area contributed by atoms with Crippen LogP contribution in [0.5, 0.6) is 5.75 Å². The van der Waals surface area contributed by atoms with Crippen molar-refractivity contribution in [1.29, 1.82) is 15.8 Å². The van der Waals surface area contributed by atoms with E-state index in [0.717, 1.165) is 55.3 Å². The fourth-order valence-electron chi connectivity index (χ4n) is 12.0. The summed E-state index contributed by atoms with van der Waals surface area (Å²) in [6.07, 6.45) is -9.60. The summed E-state index contributed by atoms with van der Waals surface area (Å²) in [6, 6.07) is 56.6. The van der Waals surface area contributed by atoms with Gasteiger partial charge in [-0.15, -0.1) is 0 Å². The van der Waals surface area contributed by atoms with Crippen molar-refractivity contribution in [3.05, 3.63) is 365 Å². The Morgan fingerprint density at radius 3 is 1.01 bits per heavy atom. The molecule has 0 spiro atoms. The van der Waals surface area contributed by atoms with Crippen LogP contribution in [0.1, 0.15) is 362 Å². The second-order valence-corrected chi connectivity index (χ2v) is 37.9. The molecule has 11 aromatic rings. The first kappa shape index (κ1) is 123. The summed E-state index contributed by atoms with van der Waals surface area (Å²) in [4.78, 5) is 7.67. The molecule has 0 unspecified atom stereocenters. The van der Waals surface area contributed by atoms with Gasteiger partial charge in [0.15, 0.2) is 5.69 Å². The Hall–Kier alpha value is -10.1. The second kappa shape index (κ2) is 58.4. The average Bonchev–Trinajstić information content (AvgIpc) is 0.825. The number of rotatable bonds is 12. The Balaban J connectivity index is 0.000000743. The van der Waals surface area contributed by atoms with E-state index < -0.39 is 35.2 Å². The number of alkyl halides is 9. The zero-order valence-electron chi connectivity index (χ0n) is 84.4. The lowest BCUT2D eigenvalue weighted by atomic mass is 9.98. The van der Waals surface area contributed by atoms with Crippen LogP contribution in [0.2, 0.25) is 20.1 Å². The molecule has 2 aromatic heterocycles. The molecule has 0 saturated carbocycles. The molecule has 2 heterocycles. The monoisotopic (exact) mass is 1950 g/mol. The highest BCUT2D eigenvalue weighted by molar-refractivity contribution is 6.32. The van der Waals surface area contributed by atoms with Gasteiger partial charge in [0.25, 0.3) is 0 Å². The molecule has 0 bridgehead atoms. The number of benzene rings is 9. The molecule has 22 heteroatoms. The van der Waals surface area contributed by atoms with Crippen LogP contribution in [0.25, 0.3) is 0 Å². The molecule has 9 aromatic carbocycles. The number of aryl methyl sites for hydroxylation is 9.